The first-order chi connectivity index (χ1) is 8.38. The molecule has 0 bridgehead atoms. The number of piperidine rings is 1. The van der Waals surface area contributed by atoms with Gasteiger partial charge in [0, 0.05) is 24.3 Å². The molecule has 2 nitrogen and oxygen atoms in total. The molecule has 0 aromatic carbocycles. The summed E-state index contributed by atoms with van der Waals surface area (Å²) in [5, 5.41) is 0.827. The highest BCUT2D eigenvalue weighted by Gasteiger charge is 2.59. The maximum atomic E-state index is 6.17. The SMILES string of the molecule is Cc1cnc(N2CC3C(C2)C3C(C)(C)C)cc1Cl. The molecule has 2 atom stereocenters. The molecule has 3 rings (SSSR count). The van der Waals surface area contributed by atoms with Crippen LogP contribution < -0.4 is 4.90 Å². The van der Waals surface area contributed by atoms with E-state index in [9.17, 15) is 0 Å². The summed E-state index contributed by atoms with van der Waals surface area (Å²) in [5.74, 6) is 3.68. The van der Waals surface area contributed by atoms with Crippen LogP contribution in [0.2, 0.25) is 5.02 Å². The standard InChI is InChI=1S/C15H21ClN2/c1-9-6-17-13(5-12(9)16)18-7-10-11(8-18)14(10)15(2,3)4/h5-6,10-11,14H,7-8H2,1-4H3. The summed E-state index contributed by atoms with van der Waals surface area (Å²) in [6, 6.07) is 2.01. The van der Waals surface area contributed by atoms with Gasteiger partial charge in [-0.15, -0.1) is 0 Å². The van der Waals surface area contributed by atoms with Crippen LogP contribution in [0.5, 0.6) is 0 Å². The zero-order chi connectivity index (χ0) is 13.1. The molecular weight excluding hydrogens is 244 g/mol. The summed E-state index contributed by atoms with van der Waals surface area (Å²) < 4.78 is 0. The van der Waals surface area contributed by atoms with E-state index in [4.69, 9.17) is 11.6 Å². The zero-order valence-electron chi connectivity index (χ0n) is 11.6. The molecular formula is C15H21ClN2. The van der Waals surface area contributed by atoms with Gasteiger partial charge in [0.1, 0.15) is 5.82 Å². The third-order valence-electron chi connectivity index (χ3n) is 4.54. The van der Waals surface area contributed by atoms with Crippen molar-refractivity contribution < 1.29 is 0 Å². The molecule has 2 fully saturated rings. The zero-order valence-corrected chi connectivity index (χ0v) is 12.3. The van der Waals surface area contributed by atoms with E-state index in [-0.39, 0.29) is 0 Å². The number of fused-ring (bicyclic) bond motifs is 1. The molecule has 98 valence electrons. The largest absolute Gasteiger partial charge is 0.356 e. The van der Waals surface area contributed by atoms with Crippen molar-refractivity contribution in [3.8, 4) is 0 Å². The number of hydrogen-bond acceptors (Lipinski definition) is 2. The van der Waals surface area contributed by atoms with Gasteiger partial charge in [0.2, 0.25) is 0 Å². The van der Waals surface area contributed by atoms with Crippen LogP contribution >= 0.6 is 11.6 Å². The number of nitrogens with zero attached hydrogens (tertiary/aromatic N) is 2. The van der Waals surface area contributed by atoms with Crippen LogP contribution in [0.1, 0.15) is 26.3 Å². The highest BCUT2D eigenvalue weighted by Crippen LogP contribution is 2.60. The fourth-order valence-corrected chi connectivity index (χ4v) is 3.81. The average Bonchev–Trinajstić information content (AvgIpc) is 2.81. The second-order valence-electron chi connectivity index (χ2n) is 6.92. The molecule has 0 radical (unpaired) electrons. The predicted octanol–water partition coefficient (Wildman–Crippen LogP) is 3.77. The maximum absolute atomic E-state index is 6.17. The Labute approximate surface area is 114 Å². The van der Waals surface area contributed by atoms with Crippen LogP contribution in [0.3, 0.4) is 0 Å². The van der Waals surface area contributed by atoms with Gasteiger partial charge in [0.05, 0.1) is 0 Å². The summed E-state index contributed by atoms with van der Waals surface area (Å²) in [5.41, 5.74) is 1.51. The number of halogens is 1. The van der Waals surface area contributed by atoms with E-state index in [1.165, 1.54) is 0 Å². The number of anilines is 1. The van der Waals surface area contributed by atoms with Gasteiger partial charge < -0.3 is 4.90 Å². The van der Waals surface area contributed by atoms with Crippen molar-refractivity contribution in [2.24, 2.45) is 23.2 Å². The first-order valence-corrected chi connectivity index (χ1v) is 7.13. The first kappa shape index (κ1) is 12.3. The van der Waals surface area contributed by atoms with Crippen LogP contribution in [-0.4, -0.2) is 18.1 Å². The maximum Gasteiger partial charge on any atom is 0.129 e. The van der Waals surface area contributed by atoms with Gasteiger partial charge in [-0.3, -0.25) is 0 Å². The van der Waals surface area contributed by atoms with Gasteiger partial charge in [0.15, 0.2) is 0 Å². The Morgan fingerprint density at radius 2 is 1.89 bits per heavy atom. The van der Waals surface area contributed by atoms with Crippen LogP contribution in [0.4, 0.5) is 5.82 Å². The molecule has 2 unspecified atom stereocenters. The van der Waals surface area contributed by atoms with E-state index >= 15 is 0 Å². The van der Waals surface area contributed by atoms with E-state index in [0.29, 0.717) is 5.41 Å². The minimum Gasteiger partial charge on any atom is -0.356 e. The lowest BCUT2D eigenvalue weighted by molar-refractivity contribution is 0.309. The molecule has 1 saturated heterocycles. The Morgan fingerprint density at radius 3 is 2.39 bits per heavy atom. The van der Waals surface area contributed by atoms with E-state index in [1.807, 2.05) is 19.2 Å². The van der Waals surface area contributed by atoms with Crippen LogP contribution in [-0.2, 0) is 0 Å². The van der Waals surface area contributed by atoms with Crippen molar-refractivity contribution in [2.45, 2.75) is 27.7 Å². The Hall–Kier alpha value is -0.760. The quantitative estimate of drug-likeness (QED) is 0.768. The summed E-state index contributed by atoms with van der Waals surface area (Å²) in [4.78, 5) is 6.90. The molecule has 2 aliphatic rings. The van der Waals surface area contributed by atoms with Crippen molar-refractivity contribution in [3.05, 3.63) is 22.8 Å². The average molecular weight is 265 g/mol. The van der Waals surface area contributed by atoms with Crippen molar-refractivity contribution in [2.75, 3.05) is 18.0 Å². The molecule has 1 aromatic heterocycles. The van der Waals surface area contributed by atoms with Crippen LogP contribution in [0.25, 0.3) is 0 Å². The van der Waals surface area contributed by atoms with Gasteiger partial charge in [-0.1, -0.05) is 32.4 Å². The summed E-state index contributed by atoms with van der Waals surface area (Å²) in [6.07, 6.45) is 1.88. The number of hydrogen-bond donors (Lipinski definition) is 0. The predicted molar refractivity (Wildman–Crippen MR) is 76.1 cm³/mol. The summed E-state index contributed by atoms with van der Waals surface area (Å²) in [7, 11) is 0. The normalized spacial score (nSPS) is 30.5. The minimum atomic E-state index is 0.458. The second kappa shape index (κ2) is 3.86. The molecule has 0 spiro atoms. The van der Waals surface area contributed by atoms with Crippen molar-refractivity contribution in [3.63, 3.8) is 0 Å². The lowest BCUT2D eigenvalue weighted by atomic mass is 9.87. The number of aromatic nitrogens is 1. The molecule has 1 aliphatic carbocycles. The van der Waals surface area contributed by atoms with E-state index in [2.05, 4.69) is 30.7 Å². The monoisotopic (exact) mass is 264 g/mol. The lowest BCUT2D eigenvalue weighted by Crippen LogP contribution is -2.28. The minimum absolute atomic E-state index is 0.458. The molecule has 18 heavy (non-hydrogen) atoms. The highest BCUT2D eigenvalue weighted by atomic mass is 35.5. The Morgan fingerprint density at radius 1 is 1.28 bits per heavy atom. The Balaban J connectivity index is 1.71. The van der Waals surface area contributed by atoms with Gasteiger partial charge in [-0.2, -0.15) is 0 Å². The highest BCUT2D eigenvalue weighted by molar-refractivity contribution is 6.31. The van der Waals surface area contributed by atoms with Crippen molar-refractivity contribution in [1.29, 1.82) is 0 Å². The molecule has 3 heteroatoms. The fourth-order valence-electron chi connectivity index (χ4n) is 3.66. The smallest absolute Gasteiger partial charge is 0.129 e. The Bertz CT molecular complexity index is 466. The number of rotatable bonds is 1. The molecule has 1 aromatic rings. The second-order valence-corrected chi connectivity index (χ2v) is 7.32. The third kappa shape index (κ3) is 1.91. The van der Waals surface area contributed by atoms with Crippen LogP contribution in [0, 0.1) is 30.1 Å². The molecule has 1 aliphatic heterocycles. The topological polar surface area (TPSA) is 16.1 Å². The first-order valence-electron chi connectivity index (χ1n) is 6.75. The number of aryl methyl sites for hydroxylation is 1. The number of pyridine rings is 1. The summed E-state index contributed by atoms with van der Waals surface area (Å²) in [6.45, 7) is 11.4. The third-order valence-corrected chi connectivity index (χ3v) is 4.95. The van der Waals surface area contributed by atoms with Crippen LogP contribution in [0.15, 0.2) is 12.3 Å². The van der Waals surface area contributed by atoms with E-state index < -0.39 is 0 Å². The molecule has 0 N–H and O–H groups in total. The van der Waals surface area contributed by atoms with Crippen molar-refractivity contribution >= 4 is 17.4 Å². The van der Waals surface area contributed by atoms with E-state index in [0.717, 1.165) is 47.2 Å². The molecule has 2 heterocycles. The van der Waals surface area contributed by atoms with Gasteiger partial charge >= 0.3 is 0 Å². The fraction of sp³-hybridized carbons (Fsp3) is 0.667. The molecule has 0 amide bonds. The van der Waals surface area contributed by atoms with Gasteiger partial charge in [-0.25, -0.2) is 4.98 Å². The van der Waals surface area contributed by atoms with Gasteiger partial charge in [0.25, 0.3) is 0 Å². The van der Waals surface area contributed by atoms with Crippen molar-refractivity contribution in [1.82, 2.24) is 4.98 Å². The van der Waals surface area contributed by atoms with Gasteiger partial charge in [-0.05, 0) is 41.7 Å². The Kier molecular flexibility index (Phi) is 2.64. The lowest BCUT2D eigenvalue weighted by Gasteiger charge is -2.26. The summed E-state index contributed by atoms with van der Waals surface area (Å²) >= 11 is 6.17. The van der Waals surface area contributed by atoms with E-state index in [1.54, 1.807) is 0 Å². The molecule has 1 saturated carbocycles.